The van der Waals surface area contributed by atoms with E-state index in [4.69, 9.17) is 39.2 Å². The highest BCUT2D eigenvalue weighted by atomic mass is 35.5. The van der Waals surface area contributed by atoms with E-state index >= 15 is 0 Å². The summed E-state index contributed by atoms with van der Waals surface area (Å²) < 4.78 is 6.77. The van der Waals surface area contributed by atoms with Crippen molar-refractivity contribution in [2.45, 2.75) is 32.7 Å². The van der Waals surface area contributed by atoms with Gasteiger partial charge in [-0.05, 0) is 50.6 Å². The molecular weight excluding hydrogens is 505 g/mol. The number of nitrogen functional groups attached to an aromatic ring is 1. The molecule has 36 heavy (non-hydrogen) atoms. The zero-order valence-corrected chi connectivity index (χ0v) is 21.1. The molecule has 1 atom stereocenters. The van der Waals surface area contributed by atoms with Gasteiger partial charge in [-0.2, -0.15) is 5.10 Å². The summed E-state index contributed by atoms with van der Waals surface area (Å²) in [6.07, 6.45) is 1.54. The fraction of sp³-hybridized carbons (Fsp3) is 0.208. The predicted molar refractivity (Wildman–Crippen MR) is 138 cm³/mol. The molecule has 186 valence electrons. The number of hydrogen-bond acceptors (Lipinski definition) is 7. The zero-order chi connectivity index (χ0) is 26.1. The number of benzene rings is 1. The molecule has 12 heteroatoms. The lowest BCUT2D eigenvalue weighted by atomic mass is 10.0. The van der Waals surface area contributed by atoms with E-state index in [2.05, 4.69) is 20.6 Å². The summed E-state index contributed by atoms with van der Waals surface area (Å²) in [6, 6.07) is 9.87. The van der Waals surface area contributed by atoms with Crippen LogP contribution < -0.4 is 16.8 Å². The average molecular weight is 528 g/mol. The van der Waals surface area contributed by atoms with Gasteiger partial charge in [-0.25, -0.2) is 4.68 Å². The van der Waals surface area contributed by atoms with Crippen LogP contribution in [0.25, 0.3) is 22.6 Å². The lowest BCUT2D eigenvalue weighted by Gasteiger charge is -2.11. The van der Waals surface area contributed by atoms with Gasteiger partial charge in [0.25, 0.3) is 5.91 Å². The molecule has 0 aliphatic rings. The summed E-state index contributed by atoms with van der Waals surface area (Å²) in [5, 5.41) is 12.0. The number of pyridine rings is 1. The monoisotopic (exact) mass is 527 g/mol. The molecule has 1 unspecified atom stereocenters. The van der Waals surface area contributed by atoms with Crippen LogP contribution in [-0.4, -0.2) is 31.7 Å². The van der Waals surface area contributed by atoms with Gasteiger partial charge in [0.15, 0.2) is 0 Å². The van der Waals surface area contributed by atoms with E-state index in [0.29, 0.717) is 32.6 Å². The van der Waals surface area contributed by atoms with E-state index in [9.17, 15) is 9.59 Å². The van der Waals surface area contributed by atoms with Crippen LogP contribution in [0.3, 0.4) is 0 Å². The van der Waals surface area contributed by atoms with Crippen molar-refractivity contribution in [3.63, 3.8) is 0 Å². The second-order valence-electron chi connectivity index (χ2n) is 8.40. The van der Waals surface area contributed by atoms with Crippen molar-refractivity contribution in [1.29, 1.82) is 0 Å². The molecular formula is C24H23Cl2N7O3. The van der Waals surface area contributed by atoms with E-state index in [-0.39, 0.29) is 34.9 Å². The van der Waals surface area contributed by atoms with E-state index in [0.717, 1.165) is 0 Å². The molecule has 4 rings (SSSR count). The quantitative estimate of drug-likeness (QED) is 0.308. The number of hydrogen-bond donors (Lipinski definition) is 3. The minimum absolute atomic E-state index is 0.0767. The maximum absolute atomic E-state index is 12.8. The van der Waals surface area contributed by atoms with Crippen LogP contribution in [0.4, 0.5) is 11.7 Å². The number of aromatic nitrogens is 4. The Hall–Kier alpha value is -3.89. The van der Waals surface area contributed by atoms with E-state index in [1.54, 1.807) is 43.3 Å². The Morgan fingerprint density at radius 2 is 1.83 bits per heavy atom. The topological polar surface area (TPSA) is 155 Å². The van der Waals surface area contributed by atoms with Gasteiger partial charge in [0, 0.05) is 28.9 Å². The SMILES string of the molecule is CC(C(=O)Nc1cc(-c2ccc(Cl)cc2Cl)no1)c1ccc(-c2nn(C(C)C)c(N)c2C(N)=O)nc1. The van der Waals surface area contributed by atoms with Crippen LogP contribution >= 0.6 is 23.2 Å². The number of carbonyl (C=O) groups excluding carboxylic acids is 2. The van der Waals surface area contributed by atoms with Crippen molar-refractivity contribution >= 4 is 46.7 Å². The molecule has 0 radical (unpaired) electrons. The fourth-order valence-corrected chi connectivity index (χ4v) is 4.11. The molecule has 2 amide bonds. The molecule has 4 aromatic rings. The standard InChI is InChI=1S/C24H23Cl2N7O3/c1-11(2)33-22(27)20(23(28)34)21(31-33)17-7-4-13(10-29-17)12(3)24(35)30-19-9-18(32-36-19)15-6-5-14(25)8-16(15)26/h4-12H,27H2,1-3H3,(H2,28,34)(H,30,35). The van der Waals surface area contributed by atoms with Crippen LogP contribution in [0.15, 0.2) is 47.1 Å². The third-order valence-corrected chi connectivity index (χ3v) is 6.12. The largest absolute Gasteiger partial charge is 0.383 e. The van der Waals surface area contributed by atoms with Gasteiger partial charge < -0.3 is 16.0 Å². The first-order chi connectivity index (χ1) is 17.1. The number of primary amides is 1. The Balaban J connectivity index is 1.51. The molecule has 0 saturated heterocycles. The van der Waals surface area contributed by atoms with E-state index in [1.165, 1.54) is 10.9 Å². The number of amides is 2. The van der Waals surface area contributed by atoms with Crippen LogP contribution in [0, 0.1) is 0 Å². The second-order valence-corrected chi connectivity index (χ2v) is 9.24. The molecule has 3 aromatic heterocycles. The maximum atomic E-state index is 12.8. The number of carbonyl (C=O) groups is 2. The van der Waals surface area contributed by atoms with Crippen molar-refractivity contribution in [2.24, 2.45) is 5.73 Å². The molecule has 0 fully saturated rings. The fourth-order valence-electron chi connectivity index (χ4n) is 3.60. The summed E-state index contributed by atoms with van der Waals surface area (Å²) in [5.74, 6) is -1.26. The molecule has 0 aliphatic heterocycles. The van der Waals surface area contributed by atoms with Crippen molar-refractivity contribution in [2.75, 3.05) is 11.1 Å². The second kappa shape index (κ2) is 10.00. The number of halogens is 2. The normalized spacial score (nSPS) is 12.1. The summed E-state index contributed by atoms with van der Waals surface area (Å²) in [4.78, 5) is 29.2. The smallest absolute Gasteiger partial charge is 0.254 e. The van der Waals surface area contributed by atoms with Gasteiger partial charge >= 0.3 is 0 Å². The van der Waals surface area contributed by atoms with E-state index in [1.807, 2.05) is 13.8 Å². The van der Waals surface area contributed by atoms with Crippen molar-refractivity contribution in [3.8, 4) is 22.6 Å². The first kappa shape index (κ1) is 25.2. The Kier molecular flexibility index (Phi) is 7.00. The van der Waals surface area contributed by atoms with Crippen LogP contribution in [0.1, 0.15) is 48.7 Å². The minimum Gasteiger partial charge on any atom is -0.383 e. The van der Waals surface area contributed by atoms with Crippen molar-refractivity contribution in [1.82, 2.24) is 19.9 Å². The van der Waals surface area contributed by atoms with E-state index < -0.39 is 11.8 Å². The molecule has 0 saturated carbocycles. The number of nitrogens with two attached hydrogens (primary N) is 2. The molecule has 10 nitrogen and oxygen atoms in total. The highest BCUT2D eigenvalue weighted by Gasteiger charge is 2.24. The first-order valence-electron chi connectivity index (χ1n) is 10.9. The zero-order valence-electron chi connectivity index (χ0n) is 19.6. The summed E-state index contributed by atoms with van der Waals surface area (Å²) in [6.45, 7) is 5.49. The first-order valence-corrected chi connectivity index (χ1v) is 11.7. The highest BCUT2D eigenvalue weighted by Crippen LogP contribution is 2.32. The van der Waals surface area contributed by atoms with Crippen molar-refractivity contribution in [3.05, 3.63) is 63.8 Å². The maximum Gasteiger partial charge on any atom is 0.254 e. The Labute approximate surface area is 216 Å². The van der Waals surface area contributed by atoms with Gasteiger partial charge in [-0.1, -0.05) is 34.4 Å². The van der Waals surface area contributed by atoms with Gasteiger partial charge in [-0.15, -0.1) is 0 Å². The van der Waals surface area contributed by atoms with Gasteiger partial charge in [0.2, 0.25) is 11.8 Å². The lowest BCUT2D eigenvalue weighted by Crippen LogP contribution is -2.18. The molecule has 0 spiro atoms. The Bertz CT molecular complexity index is 1440. The summed E-state index contributed by atoms with van der Waals surface area (Å²) in [7, 11) is 0. The van der Waals surface area contributed by atoms with Crippen LogP contribution in [-0.2, 0) is 4.79 Å². The van der Waals surface area contributed by atoms with Gasteiger partial charge in [-0.3, -0.25) is 19.9 Å². The third kappa shape index (κ3) is 4.91. The number of nitrogens with one attached hydrogen (secondary N) is 1. The Morgan fingerprint density at radius 1 is 1.08 bits per heavy atom. The highest BCUT2D eigenvalue weighted by molar-refractivity contribution is 6.36. The van der Waals surface area contributed by atoms with Crippen LogP contribution in [0.2, 0.25) is 10.0 Å². The number of rotatable bonds is 7. The predicted octanol–water partition coefficient (Wildman–Crippen LogP) is 4.91. The van der Waals surface area contributed by atoms with Crippen molar-refractivity contribution < 1.29 is 14.1 Å². The summed E-state index contributed by atoms with van der Waals surface area (Å²) >= 11 is 12.2. The third-order valence-electron chi connectivity index (χ3n) is 5.57. The average Bonchev–Trinajstić information content (AvgIpc) is 3.43. The lowest BCUT2D eigenvalue weighted by molar-refractivity contribution is -0.117. The minimum atomic E-state index is -0.695. The molecule has 1 aromatic carbocycles. The molecule has 0 bridgehead atoms. The Morgan fingerprint density at radius 3 is 2.44 bits per heavy atom. The van der Waals surface area contributed by atoms with Gasteiger partial charge in [0.1, 0.15) is 22.8 Å². The molecule has 5 N–H and O–H groups in total. The number of anilines is 2. The number of nitrogens with zero attached hydrogens (tertiary/aromatic N) is 4. The van der Waals surface area contributed by atoms with Crippen LogP contribution in [0.5, 0.6) is 0 Å². The summed E-state index contributed by atoms with van der Waals surface area (Å²) in [5.41, 5.74) is 14.1. The van der Waals surface area contributed by atoms with Gasteiger partial charge in [0.05, 0.1) is 16.6 Å². The molecule has 3 heterocycles. The molecule has 0 aliphatic carbocycles.